The van der Waals surface area contributed by atoms with Gasteiger partial charge in [0.15, 0.2) is 0 Å². The molecule has 1 nitrogen and oxygen atoms in total. The second-order valence-electron chi connectivity index (χ2n) is 4.27. The highest BCUT2D eigenvalue weighted by Gasteiger charge is 2.12. The number of hydrogen-bond acceptors (Lipinski definition) is 1. The molecule has 0 heterocycles. The van der Waals surface area contributed by atoms with Crippen molar-refractivity contribution in [1.29, 1.82) is 0 Å². The standard InChI is InChI=1S/C13H16FN/c1-9-5-11(7-12(14)6-9)10-3-2-4-13(15)8-10/h5-8,13H,2-4,15H2,1H3. The van der Waals surface area contributed by atoms with Crippen molar-refractivity contribution in [2.45, 2.75) is 32.2 Å². The second kappa shape index (κ2) is 4.15. The van der Waals surface area contributed by atoms with Crippen LogP contribution in [0.2, 0.25) is 0 Å². The number of nitrogens with two attached hydrogens (primary N) is 1. The Hall–Kier alpha value is -1.15. The lowest BCUT2D eigenvalue weighted by Gasteiger charge is -2.18. The van der Waals surface area contributed by atoms with Gasteiger partial charge in [-0.25, -0.2) is 4.39 Å². The van der Waals surface area contributed by atoms with Crippen LogP contribution in [0.25, 0.3) is 5.57 Å². The van der Waals surface area contributed by atoms with Crippen molar-refractivity contribution in [3.63, 3.8) is 0 Å². The van der Waals surface area contributed by atoms with Crippen LogP contribution in [0.4, 0.5) is 4.39 Å². The molecule has 1 aromatic carbocycles. The monoisotopic (exact) mass is 205 g/mol. The third-order valence-electron chi connectivity index (χ3n) is 2.81. The molecule has 0 aliphatic heterocycles. The van der Waals surface area contributed by atoms with Gasteiger partial charge in [0.1, 0.15) is 5.82 Å². The molecule has 2 heteroatoms. The van der Waals surface area contributed by atoms with E-state index < -0.39 is 0 Å². The number of aryl methyl sites for hydroxylation is 1. The third-order valence-corrected chi connectivity index (χ3v) is 2.81. The second-order valence-corrected chi connectivity index (χ2v) is 4.27. The number of allylic oxidation sites excluding steroid dienone is 1. The lowest BCUT2D eigenvalue weighted by molar-refractivity contribution is 0.624. The Morgan fingerprint density at radius 1 is 1.33 bits per heavy atom. The van der Waals surface area contributed by atoms with E-state index in [1.807, 2.05) is 13.0 Å². The van der Waals surface area contributed by atoms with E-state index in [-0.39, 0.29) is 11.9 Å². The van der Waals surface area contributed by atoms with Crippen LogP contribution in [0.1, 0.15) is 30.4 Å². The molecule has 80 valence electrons. The Balaban J connectivity index is 2.36. The highest BCUT2D eigenvalue weighted by molar-refractivity contribution is 5.67. The van der Waals surface area contributed by atoms with Gasteiger partial charge in [0, 0.05) is 6.04 Å². The minimum Gasteiger partial charge on any atom is -0.324 e. The predicted molar refractivity (Wildman–Crippen MR) is 60.9 cm³/mol. The Bertz CT molecular complexity index is 375. The summed E-state index contributed by atoms with van der Waals surface area (Å²) in [6.07, 6.45) is 5.22. The third kappa shape index (κ3) is 2.45. The fourth-order valence-electron chi connectivity index (χ4n) is 2.12. The van der Waals surface area contributed by atoms with Crippen LogP contribution in [0, 0.1) is 12.7 Å². The minimum atomic E-state index is -0.162. The zero-order valence-corrected chi connectivity index (χ0v) is 8.96. The van der Waals surface area contributed by atoms with Crippen molar-refractivity contribution in [2.24, 2.45) is 5.73 Å². The van der Waals surface area contributed by atoms with Crippen molar-refractivity contribution in [3.8, 4) is 0 Å². The van der Waals surface area contributed by atoms with E-state index in [0.29, 0.717) is 0 Å². The lowest BCUT2D eigenvalue weighted by atomic mass is 9.91. The highest BCUT2D eigenvalue weighted by atomic mass is 19.1. The Labute approximate surface area is 89.8 Å². The van der Waals surface area contributed by atoms with E-state index in [0.717, 1.165) is 30.4 Å². The van der Waals surface area contributed by atoms with E-state index >= 15 is 0 Å². The van der Waals surface area contributed by atoms with E-state index in [4.69, 9.17) is 5.73 Å². The first kappa shape index (κ1) is 10.4. The van der Waals surface area contributed by atoms with Gasteiger partial charge in [-0.3, -0.25) is 0 Å². The molecule has 1 aliphatic carbocycles. The number of halogens is 1. The molecular formula is C13H16FN. The summed E-state index contributed by atoms with van der Waals surface area (Å²) in [4.78, 5) is 0. The van der Waals surface area contributed by atoms with Gasteiger partial charge >= 0.3 is 0 Å². The Morgan fingerprint density at radius 2 is 2.13 bits per heavy atom. The summed E-state index contributed by atoms with van der Waals surface area (Å²) in [5, 5.41) is 0. The van der Waals surface area contributed by atoms with Gasteiger partial charge in [-0.1, -0.05) is 12.1 Å². The van der Waals surface area contributed by atoms with Gasteiger partial charge in [0.2, 0.25) is 0 Å². The quantitative estimate of drug-likeness (QED) is 0.749. The summed E-state index contributed by atoms with van der Waals surface area (Å²) in [5.74, 6) is -0.162. The predicted octanol–water partition coefficient (Wildman–Crippen LogP) is 3.03. The van der Waals surface area contributed by atoms with Crippen LogP contribution >= 0.6 is 0 Å². The van der Waals surface area contributed by atoms with Gasteiger partial charge in [-0.05, 0) is 55.0 Å². The van der Waals surface area contributed by atoms with Crippen LogP contribution in [-0.4, -0.2) is 6.04 Å². The van der Waals surface area contributed by atoms with Gasteiger partial charge < -0.3 is 5.73 Å². The van der Waals surface area contributed by atoms with Crippen molar-refractivity contribution >= 4 is 5.57 Å². The average Bonchev–Trinajstić information content (AvgIpc) is 2.16. The SMILES string of the molecule is Cc1cc(F)cc(C2=CC(N)CCC2)c1. The van der Waals surface area contributed by atoms with Crippen LogP contribution in [-0.2, 0) is 0 Å². The van der Waals surface area contributed by atoms with Gasteiger partial charge in [0.05, 0.1) is 0 Å². The molecule has 1 aromatic rings. The first-order valence-electron chi connectivity index (χ1n) is 5.39. The number of rotatable bonds is 1. The fourth-order valence-corrected chi connectivity index (χ4v) is 2.12. The van der Waals surface area contributed by atoms with Crippen LogP contribution in [0.5, 0.6) is 0 Å². The normalized spacial score (nSPS) is 21.3. The summed E-state index contributed by atoms with van der Waals surface area (Å²) in [6.45, 7) is 1.91. The van der Waals surface area contributed by atoms with Gasteiger partial charge in [-0.15, -0.1) is 0 Å². The summed E-state index contributed by atoms with van der Waals surface area (Å²) < 4.78 is 13.2. The maximum absolute atomic E-state index is 13.2. The smallest absolute Gasteiger partial charge is 0.124 e. The number of benzene rings is 1. The Morgan fingerprint density at radius 3 is 2.80 bits per heavy atom. The van der Waals surface area contributed by atoms with Crippen molar-refractivity contribution in [2.75, 3.05) is 0 Å². The lowest BCUT2D eigenvalue weighted by Crippen LogP contribution is -2.20. The maximum atomic E-state index is 13.2. The van der Waals surface area contributed by atoms with Crippen molar-refractivity contribution < 1.29 is 4.39 Å². The average molecular weight is 205 g/mol. The summed E-state index contributed by atoms with van der Waals surface area (Å²) in [7, 11) is 0. The molecule has 0 amide bonds. The molecular weight excluding hydrogens is 189 g/mol. The maximum Gasteiger partial charge on any atom is 0.124 e. The first-order chi connectivity index (χ1) is 7.15. The molecule has 1 aliphatic rings. The molecule has 1 unspecified atom stereocenters. The van der Waals surface area contributed by atoms with Crippen molar-refractivity contribution in [1.82, 2.24) is 0 Å². The molecule has 0 saturated heterocycles. The number of hydrogen-bond donors (Lipinski definition) is 1. The van der Waals surface area contributed by atoms with Crippen LogP contribution in [0.15, 0.2) is 24.3 Å². The molecule has 2 rings (SSSR count). The van der Waals surface area contributed by atoms with E-state index in [9.17, 15) is 4.39 Å². The highest BCUT2D eigenvalue weighted by Crippen LogP contribution is 2.27. The minimum absolute atomic E-state index is 0.136. The molecule has 0 radical (unpaired) electrons. The molecule has 0 bridgehead atoms. The van der Waals surface area contributed by atoms with E-state index in [1.165, 1.54) is 5.57 Å². The first-order valence-corrected chi connectivity index (χ1v) is 5.39. The van der Waals surface area contributed by atoms with E-state index in [1.54, 1.807) is 12.1 Å². The largest absolute Gasteiger partial charge is 0.324 e. The van der Waals surface area contributed by atoms with Crippen molar-refractivity contribution in [3.05, 3.63) is 41.2 Å². The van der Waals surface area contributed by atoms with Gasteiger partial charge in [-0.2, -0.15) is 0 Å². The Kier molecular flexibility index (Phi) is 2.87. The molecule has 0 spiro atoms. The molecule has 2 N–H and O–H groups in total. The summed E-state index contributed by atoms with van der Waals surface area (Å²) in [6, 6.07) is 5.30. The topological polar surface area (TPSA) is 26.0 Å². The van der Waals surface area contributed by atoms with Crippen LogP contribution < -0.4 is 5.73 Å². The zero-order chi connectivity index (χ0) is 10.8. The molecule has 15 heavy (non-hydrogen) atoms. The fraction of sp³-hybridized carbons (Fsp3) is 0.385. The zero-order valence-electron chi connectivity index (χ0n) is 8.96. The van der Waals surface area contributed by atoms with Gasteiger partial charge in [0.25, 0.3) is 0 Å². The van der Waals surface area contributed by atoms with Crippen LogP contribution in [0.3, 0.4) is 0 Å². The molecule has 0 saturated carbocycles. The molecule has 1 atom stereocenters. The van der Waals surface area contributed by atoms with E-state index in [2.05, 4.69) is 6.08 Å². The summed E-state index contributed by atoms with van der Waals surface area (Å²) >= 11 is 0. The molecule has 0 fully saturated rings. The molecule has 0 aromatic heterocycles. The summed E-state index contributed by atoms with van der Waals surface area (Å²) in [5.41, 5.74) is 9.01.